The average Bonchev–Trinajstić information content (AvgIpc) is 3.29. The van der Waals surface area contributed by atoms with Gasteiger partial charge in [0.25, 0.3) is 5.91 Å². The lowest BCUT2D eigenvalue weighted by molar-refractivity contribution is 0.0685. The SMILES string of the molecule is O=C(c1ccccc1)N1CCC(CCCCCn2cc(-c3cccnc3)nn2)CC1. The van der Waals surface area contributed by atoms with E-state index in [0.717, 1.165) is 61.6 Å². The number of hydrogen-bond acceptors (Lipinski definition) is 4. The summed E-state index contributed by atoms with van der Waals surface area (Å²) in [4.78, 5) is 18.7. The number of piperidine rings is 1. The maximum Gasteiger partial charge on any atom is 0.253 e. The molecule has 4 rings (SSSR count). The Labute approximate surface area is 177 Å². The molecule has 0 saturated carbocycles. The van der Waals surface area contributed by atoms with Gasteiger partial charge in [0, 0.05) is 43.2 Å². The van der Waals surface area contributed by atoms with Crippen LogP contribution in [-0.2, 0) is 6.54 Å². The number of amides is 1. The van der Waals surface area contributed by atoms with Gasteiger partial charge in [-0.25, -0.2) is 0 Å². The van der Waals surface area contributed by atoms with Crippen LogP contribution >= 0.6 is 0 Å². The highest BCUT2D eigenvalue weighted by Gasteiger charge is 2.23. The minimum absolute atomic E-state index is 0.174. The summed E-state index contributed by atoms with van der Waals surface area (Å²) in [7, 11) is 0. The van der Waals surface area contributed by atoms with Gasteiger partial charge in [-0.2, -0.15) is 0 Å². The maximum absolute atomic E-state index is 12.5. The Morgan fingerprint density at radius 2 is 1.83 bits per heavy atom. The lowest BCUT2D eigenvalue weighted by atomic mass is 9.91. The third-order valence-corrected chi connectivity index (χ3v) is 5.92. The molecule has 3 heterocycles. The molecule has 156 valence electrons. The predicted octanol–water partition coefficient (Wildman–Crippen LogP) is 4.45. The molecular formula is C24H29N5O. The summed E-state index contributed by atoms with van der Waals surface area (Å²) >= 11 is 0. The highest BCUT2D eigenvalue weighted by atomic mass is 16.2. The van der Waals surface area contributed by atoms with Crippen molar-refractivity contribution in [3.63, 3.8) is 0 Å². The van der Waals surface area contributed by atoms with E-state index in [1.54, 1.807) is 6.20 Å². The van der Waals surface area contributed by atoms with Gasteiger partial charge in [-0.15, -0.1) is 5.10 Å². The van der Waals surface area contributed by atoms with Gasteiger partial charge in [0.1, 0.15) is 5.69 Å². The van der Waals surface area contributed by atoms with Gasteiger partial charge in [0.2, 0.25) is 0 Å². The smallest absolute Gasteiger partial charge is 0.253 e. The first kappa shape index (κ1) is 20.3. The molecule has 0 aliphatic carbocycles. The van der Waals surface area contributed by atoms with Gasteiger partial charge < -0.3 is 4.90 Å². The highest BCUT2D eigenvalue weighted by molar-refractivity contribution is 5.94. The van der Waals surface area contributed by atoms with Crippen LogP contribution in [-0.4, -0.2) is 43.9 Å². The van der Waals surface area contributed by atoms with Gasteiger partial charge in [-0.1, -0.05) is 42.7 Å². The molecule has 0 radical (unpaired) electrons. The second kappa shape index (κ2) is 10.1. The Morgan fingerprint density at radius 1 is 1.00 bits per heavy atom. The Bertz CT molecular complexity index is 917. The third-order valence-electron chi connectivity index (χ3n) is 5.92. The fourth-order valence-corrected chi connectivity index (χ4v) is 4.13. The molecule has 1 aliphatic heterocycles. The summed E-state index contributed by atoms with van der Waals surface area (Å²) in [6.45, 7) is 2.67. The molecule has 1 saturated heterocycles. The van der Waals surface area contributed by atoms with E-state index in [0.29, 0.717) is 0 Å². The normalized spacial score (nSPS) is 14.7. The quantitative estimate of drug-likeness (QED) is 0.521. The zero-order chi connectivity index (χ0) is 20.6. The van der Waals surface area contributed by atoms with E-state index in [1.165, 1.54) is 19.3 Å². The molecular weight excluding hydrogens is 374 g/mol. The fourth-order valence-electron chi connectivity index (χ4n) is 4.13. The lowest BCUT2D eigenvalue weighted by Gasteiger charge is -2.32. The number of unbranched alkanes of at least 4 members (excludes halogenated alkanes) is 2. The number of likely N-dealkylation sites (tertiary alicyclic amines) is 1. The zero-order valence-corrected chi connectivity index (χ0v) is 17.4. The fraction of sp³-hybridized carbons (Fsp3) is 0.417. The third kappa shape index (κ3) is 5.32. The molecule has 1 aromatic carbocycles. The highest BCUT2D eigenvalue weighted by Crippen LogP contribution is 2.24. The first-order valence-corrected chi connectivity index (χ1v) is 10.9. The van der Waals surface area contributed by atoms with E-state index in [9.17, 15) is 4.79 Å². The predicted molar refractivity (Wildman–Crippen MR) is 117 cm³/mol. The van der Waals surface area contributed by atoms with Crippen molar-refractivity contribution in [2.45, 2.75) is 45.1 Å². The number of rotatable bonds is 8. The number of aryl methyl sites for hydroxylation is 1. The van der Waals surface area contributed by atoms with E-state index in [4.69, 9.17) is 0 Å². The summed E-state index contributed by atoms with van der Waals surface area (Å²) < 4.78 is 1.93. The van der Waals surface area contributed by atoms with Crippen LogP contribution in [0.3, 0.4) is 0 Å². The maximum atomic E-state index is 12.5. The molecule has 0 spiro atoms. The summed E-state index contributed by atoms with van der Waals surface area (Å²) in [5, 5.41) is 8.47. The Hall–Kier alpha value is -3.02. The van der Waals surface area contributed by atoms with Crippen molar-refractivity contribution in [1.29, 1.82) is 0 Å². The largest absolute Gasteiger partial charge is 0.339 e. The number of carbonyl (C=O) groups excluding carboxylic acids is 1. The number of hydrogen-bond donors (Lipinski definition) is 0. The summed E-state index contributed by atoms with van der Waals surface area (Å²) in [6.07, 6.45) is 12.6. The van der Waals surface area contributed by atoms with Crippen LogP contribution in [0.4, 0.5) is 0 Å². The molecule has 1 amide bonds. The van der Waals surface area contributed by atoms with Gasteiger partial charge in [0.15, 0.2) is 0 Å². The molecule has 0 unspecified atom stereocenters. The molecule has 6 nitrogen and oxygen atoms in total. The van der Waals surface area contributed by atoms with E-state index in [1.807, 2.05) is 64.4 Å². The summed E-state index contributed by atoms with van der Waals surface area (Å²) in [5.74, 6) is 0.918. The van der Waals surface area contributed by atoms with E-state index in [-0.39, 0.29) is 5.91 Å². The topological polar surface area (TPSA) is 63.9 Å². The minimum atomic E-state index is 0.174. The van der Waals surface area contributed by atoms with Gasteiger partial charge in [-0.05, 0) is 49.4 Å². The number of carbonyl (C=O) groups is 1. The van der Waals surface area contributed by atoms with Crippen molar-refractivity contribution in [3.8, 4) is 11.3 Å². The van der Waals surface area contributed by atoms with Crippen LogP contribution in [0.5, 0.6) is 0 Å². The molecule has 1 aliphatic rings. The average molecular weight is 404 g/mol. The van der Waals surface area contributed by atoms with Crippen molar-refractivity contribution in [1.82, 2.24) is 24.9 Å². The lowest BCUT2D eigenvalue weighted by Crippen LogP contribution is -2.38. The van der Waals surface area contributed by atoms with Crippen LogP contribution in [0, 0.1) is 5.92 Å². The molecule has 6 heteroatoms. The summed E-state index contributed by atoms with van der Waals surface area (Å²) in [6, 6.07) is 13.5. The van der Waals surface area contributed by atoms with Crippen molar-refractivity contribution < 1.29 is 4.79 Å². The van der Waals surface area contributed by atoms with E-state index in [2.05, 4.69) is 15.3 Å². The molecule has 2 aromatic heterocycles. The first-order valence-electron chi connectivity index (χ1n) is 10.9. The van der Waals surface area contributed by atoms with E-state index < -0.39 is 0 Å². The molecule has 1 fully saturated rings. The van der Waals surface area contributed by atoms with Crippen LogP contribution in [0.25, 0.3) is 11.3 Å². The van der Waals surface area contributed by atoms with Crippen LogP contribution < -0.4 is 0 Å². The van der Waals surface area contributed by atoms with Crippen molar-refractivity contribution in [2.24, 2.45) is 5.92 Å². The zero-order valence-electron chi connectivity index (χ0n) is 17.4. The number of benzene rings is 1. The Morgan fingerprint density at radius 3 is 2.60 bits per heavy atom. The van der Waals surface area contributed by atoms with Crippen LogP contribution in [0.2, 0.25) is 0 Å². The van der Waals surface area contributed by atoms with Gasteiger partial charge >= 0.3 is 0 Å². The standard InChI is InChI=1S/C24H29N5O/c30-24(21-9-4-1-5-10-21)28-16-12-20(13-17-28)8-3-2-6-15-29-19-23(26-27-29)22-11-7-14-25-18-22/h1,4-5,7,9-11,14,18-20H,2-3,6,8,12-13,15-17H2. The van der Waals surface area contributed by atoms with Crippen molar-refractivity contribution in [3.05, 3.63) is 66.6 Å². The monoisotopic (exact) mass is 403 g/mol. The van der Waals surface area contributed by atoms with Crippen LogP contribution in [0.1, 0.15) is 48.9 Å². The first-order chi connectivity index (χ1) is 14.8. The second-order valence-corrected chi connectivity index (χ2v) is 8.06. The molecule has 0 bridgehead atoms. The summed E-state index contributed by atoms with van der Waals surface area (Å²) in [5.41, 5.74) is 2.68. The second-order valence-electron chi connectivity index (χ2n) is 8.06. The van der Waals surface area contributed by atoms with Crippen LogP contribution in [0.15, 0.2) is 61.1 Å². The van der Waals surface area contributed by atoms with Gasteiger partial charge in [-0.3, -0.25) is 14.5 Å². The number of aromatic nitrogens is 4. The number of pyridine rings is 1. The molecule has 0 atom stereocenters. The van der Waals surface area contributed by atoms with E-state index >= 15 is 0 Å². The Balaban J connectivity index is 1.12. The van der Waals surface area contributed by atoms with Crippen molar-refractivity contribution >= 4 is 5.91 Å². The molecule has 3 aromatic rings. The van der Waals surface area contributed by atoms with Crippen molar-refractivity contribution in [2.75, 3.05) is 13.1 Å². The molecule has 0 N–H and O–H groups in total. The Kier molecular flexibility index (Phi) is 6.85. The molecule has 30 heavy (non-hydrogen) atoms. The minimum Gasteiger partial charge on any atom is -0.339 e. The number of nitrogens with zero attached hydrogens (tertiary/aromatic N) is 5. The van der Waals surface area contributed by atoms with Gasteiger partial charge in [0.05, 0.1) is 6.20 Å².